The molecule has 26 heavy (non-hydrogen) atoms. The molecule has 0 aromatic carbocycles. The van der Waals surface area contributed by atoms with Crippen molar-refractivity contribution >= 4 is 17.1 Å². The van der Waals surface area contributed by atoms with Crippen LogP contribution in [0.15, 0.2) is 24.7 Å². The number of aromatic nitrogens is 5. The summed E-state index contributed by atoms with van der Waals surface area (Å²) < 4.78 is 5.07. The zero-order chi connectivity index (χ0) is 19.4. The van der Waals surface area contributed by atoms with E-state index >= 15 is 0 Å². The Labute approximate surface area is 154 Å². The number of fused-ring (bicyclic) bond motifs is 1. The number of methoxy groups -OCH3 is 1. The molecule has 3 N–H and O–H groups in total. The van der Waals surface area contributed by atoms with Gasteiger partial charge in [0.25, 0.3) is 0 Å². The molecule has 3 aromatic heterocycles. The number of nitrogens with zero attached hydrogens (tertiary/aromatic N) is 4. The van der Waals surface area contributed by atoms with Gasteiger partial charge >= 0.3 is 0 Å². The molecule has 0 amide bonds. The lowest BCUT2D eigenvalue weighted by molar-refractivity contribution is 0.292. The maximum Gasteiger partial charge on any atom is 0.225 e. The molecule has 0 unspecified atom stereocenters. The first-order valence-electron chi connectivity index (χ1n) is 8.88. The SMILES string of the molecule is CC.CC.COc1ccc(-c2nc(NCCCO)nc3nc[nH]c23)cn1. The normalized spacial score (nSPS) is 9.62. The lowest BCUT2D eigenvalue weighted by atomic mass is 10.2. The number of nitrogens with one attached hydrogen (secondary N) is 2. The highest BCUT2D eigenvalue weighted by atomic mass is 16.5. The summed E-state index contributed by atoms with van der Waals surface area (Å²) in [7, 11) is 1.57. The topological polar surface area (TPSA) is 109 Å². The fraction of sp³-hybridized carbons (Fsp3) is 0.444. The Kier molecular flexibility index (Phi) is 9.63. The van der Waals surface area contributed by atoms with Gasteiger partial charge in [0.1, 0.15) is 11.2 Å². The first kappa shape index (κ1) is 21.3. The summed E-state index contributed by atoms with van der Waals surface area (Å²) in [6, 6.07) is 3.66. The average Bonchev–Trinajstić information content (AvgIpc) is 3.19. The van der Waals surface area contributed by atoms with Crippen LogP contribution in [0.4, 0.5) is 5.95 Å². The molecule has 142 valence electrons. The number of aromatic amines is 1. The van der Waals surface area contributed by atoms with Crippen LogP contribution in [0.3, 0.4) is 0 Å². The largest absolute Gasteiger partial charge is 0.481 e. The molecule has 0 atom stereocenters. The van der Waals surface area contributed by atoms with Gasteiger partial charge in [-0.1, -0.05) is 27.7 Å². The number of H-pyrrole nitrogens is 1. The van der Waals surface area contributed by atoms with E-state index < -0.39 is 0 Å². The summed E-state index contributed by atoms with van der Waals surface area (Å²) in [4.78, 5) is 20.3. The Hall–Kier alpha value is -2.74. The minimum Gasteiger partial charge on any atom is -0.481 e. The second-order valence-corrected chi connectivity index (χ2v) is 4.59. The molecule has 0 radical (unpaired) electrons. The molecule has 0 spiro atoms. The summed E-state index contributed by atoms with van der Waals surface area (Å²) in [5, 5.41) is 11.9. The minimum atomic E-state index is 0.118. The number of hydrogen-bond acceptors (Lipinski definition) is 7. The monoisotopic (exact) mass is 360 g/mol. The minimum absolute atomic E-state index is 0.118. The first-order chi connectivity index (χ1) is 12.8. The Morgan fingerprint density at radius 1 is 1.12 bits per heavy atom. The highest BCUT2D eigenvalue weighted by Crippen LogP contribution is 2.25. The summed E-state index contributed by atoms with van der Waals surface area (Å²) in [6.07, 6.45) is 3.90. The maximum atomic E-state index is 8.85. The highest BCUT2D eigenvalue weighted by Gasteiger charge is 2.12. The zero-order valence-electron chi connectivity index (χ0n) is 16.1. The van der Waals surface area contributed by atoms with Gasteiger partial charge < -0.3 is 20.1 Å². The van der Waals surface area contributed by atoms with Crippen LogP contribution in [0.1, 0.15) is 34.1 Å². The van der Waals surface area contributed by atoms with Crippen molar-refractivity contribution in [1.82, 2.24) is 24.9 Å². The molecule has 0 aliphatic carbocycles. The number of ether oxygens (including phenoxy) is 1. The molecule has 3 heterocycles. The fourth-order valence-electron chi connectivity index (χ4n) is 2.04. The number of aliphatic hydroxyl groups is 1. The van der Waals surface area contributed by atoms with Gasteiger partial charge in [-0.3, -0.25) is 0 Å². The number of anilines is 1. The lowest BCUT2D eigenvalue weighted by Gasteiger charge is -2.07. The van der Waals surface area contributed by atoms with Gasteiger partial charge in [-0.05, 0) is 12.5 Å². The van der Waals surface area contributed by atoms with Crippen molar-refractivity contribution in [2.45, 2.75) is 34.1 Å². The number of aliphatic hydroxyl groups excluding tert-OH is 1. The third-order valence-electron chi connectivity index (χ3n) is 3.12. The van der Waals surface area contributed by atoms with Crippen molar-refractivity contribution in [2.24, 2.45) is 0 Å². The highest BCUT2D eigenvalue weighted by molar-refractivity contribution is 5.87. The predicted octanol–water partition coefficient (Wildman–Crippen LogP) is 3.27. The number of pyridine rings is 1. The van der Waals surface area contributed by atoms with E-state index in [2.05, 4.69) is 30.2 Å². The summed E-state index contributed by atoms with van der Waals surface area (Å²) in [5.41, 5.74) is 2.87. The Balaban J connectivity index is 0.000000791. The van der Waals surface area contributed by atoms with E-state index in [0.717, 1.165) is 11.1 Å². The average molecular weight is 360 g/mol. The van der Waals surface area contributed by atoms with Gasteiger partial charge in [-0.15, -0.1) is 0 Å². The Morgan fingerprint density at radius 3 is 2.50 bits per heavy atom. The molecule has 8 nitrogen and oxygen atoms in total. The number of rotatable bonds is 6. The van der Waals surface area contributed by atoms with Crippen LogP contribution in [-0.4, -0.2) is 50.3 Å². The Bertz CT molecular complexity index is 758. The van der Waals surface area contributed by atoms with E-state index in [9.17, 15) is 0 Å². The molecule has 0 aliphatic heterocycles. The van der Waals surface area contributed by atoms with E-state index in [4.69, 9.17) is 9.84 Å². The van der Waals surface area contributed by atoms with Gasteiger partial charge in [-0.2, -0.15) is 4.98 Å². The van der Waals surface area contributed by atoms with Gasteiger partial charge in [0.15, 0.2) is 5.65 Å². The summed E-state index contributed by atoms with van der Waals surface area (Å²) in [6.45, 7) is 8.71. The molecule has 0 aliphatic rings. The standard InChI is InChI=1S/C14H16N6O2.2C2H6/c1-22-10-4-3-9(7-16-10)11-12-13(18-8-17-12)20-14(19-11)15-5-2-6-21;2*1-2/h3-4,7-8,21H,2,5-6H2,1H3,(H2,15,17,18,19,20);2*1-2H3. The zero-order valence-corrected chi connectivity index (χ0v) is 16.1. The van der Waals surface area contributed by atoms with Crippen LogP contribution in [0.5, 0.6) is 5.88 Å². The molecule has 0 saturated carbocycles. The van der Waals surface area contributed by atoms with Gasteiger partial charge in [-0.25, -0.2) is 15.0 Å². The fourth-order valence-corrected chi connectivity index (χ4v) is 2.04. The van der Waals surface area contributed by atoms with Crippen molar-refractivity contribution in [3.63, 3.8) is 0 Å². The summed E-state index contributed by atoms with van der Waals surface area (Å²) >= 11 is 0. The third kappa shape index (κ3) is 5.38. The second kappa shape index (κ2) is 11.8. The van der Waals surface area contributed by atoms with Crippen molar-refractivity contribution in [3.8, 4) is 17.1 Å². The van der Waals surface area contributed by atoms with Crippen LogP contribution in [0.25, 0.3) is 22.4 Å². The van der Waals surface area contributed by atoms with Crippen molar-refractivity contribution in [1.29, 1.82) is 0 Å². The van der Waals surface area contributed by atoms with E-state index in [-0.39, 0.29) is 6.61 Å². The second-order valence-electron chi connectivity index (χ2n) is 4.59. The van der Waals surface area contributed by atoms with Crippen LogP contribution >= 0.6 is 0 Å². The molecule has 0 fully saturated rings. The molecule has 8 heteroatoms. The molecule has 3 rings (SSSR count). The Morgan fingerprint density at radius 2 is 1.88 bits per heavy atom. The first-order valence-corrected chi connectivity index (χ1v) is 8.88. The molecule has 0 saturated heterocycles. The van der Waals surface area contributed by atoms with Crippen LogP contribution in [0, 0.1) is 0 Å². The van der Waals surface area contributed by atoms with E-state index in [1.807, 2.05) is 33.8 Å². The third-order valence-corrected chi connectivity index (χ3v) is 3.12. The van der Waals surface area contributed by atoms with Crippen molar-refractivity contribution in [2.75, 3.05) is 25.6 Å². The van der Waals surface area contributed by atoms with E-state index in [0.29, 0.717) is 36.1 Å². The summed E-state index contributed by atoms with van der Waals surface area (Å²) in [5.74, 6) is 1.01. The van der Waals surface area contributed by atoms with Crippen LogP contribution in [-0.2, 0) is 0 Å². The number of hydrogen-bond donors (Lipinski definition) is 3. The smallest absolute Gasteiger partial charge is 0.225 e. The van der Waals surface area contributed by atoms with Crippen LogP contribution < -0.4 is 10.1 Å². The lowest BCUT2D eigenvalue weighted by Crippen LogP contribution is -2.07. The van der Waals surface area contributed by atoms with Gasteiger partial charge in [0.2, 0.25) is 11.8 Å². The molecule has 0 bridgehead atoms. The van der Waals surface area contributed by atoms with Crippen LogP contribution in [0.2, 0.25) is 0 Å². The quantitative estimate of drug-likeness (QED) is 0.579. The maximum absolute atomic E-state index is 8.85. The van der Waals surface area contributed by atoms with Crippen molar-refractivity contribution in [3.05, 3.63) is 24.7 Å². The predicted molar refractivity (Wildman–Crippen MR) is 104 cm³/mol. The molecule has 3 aromatic rings. The van der Waals surface area contributed by atoms with Gasteiger partial charge in [0.05, 0.1) is 13.4 Å². The van der Waals surface area contributed by atoms with Gasteiger partial charge in [0, 0.05) is 31.0 Å². The number of imidazole rings is 1. The molecular formula is C18H28N6O2. The van der Waals surface area contributed by atoms with E-state index in [1.165, 1.54) is 0 Å². The van der Waals surface area contributed by atoms with Crippen molar-refractivity contribution < 1.29 is 9.84 Å². The molecular weight excluding hydrogens is 332 g/mol. The van der Waals surface area contributed by atoms with E-state index in [1.54, 1.807) is 25.7 Å².